The van der Waals surface area contributed by atoms with E-state index in [9.17, 15) is 0 Å². The van der Waals surface area contributed by atoms with Gasteiger partial charge >= 0.3 is 0 Å². The van der Waals surface area contributed by atoms with E-state index in [1.165, 1.54) is 10.8 Å². The Morgan fingerprint density at radius 2 is 0.931 bits per heavy atom. The van der Waals surface area contributed by atoms with Gasteiger partial charge in [0.05, 0.1) is 0 Å². The second-order valence-corrected chi connectivity index (χ2v) is 14.4. The molecule has 0 N–H and O–H groups in total. The highest BCUT2D eigenvalue weighted by molar-refractivity contribution is 6.12. The molecule has 0 saturated carbocycles. The molecule has 0 amide bonds. The van der Waals surface area contributed by atoms with Crippen molar-refractivity contribution < 1.29 is 4.42 Å². The van der Waals surface area contributed by atoms with Gasteiger partial charge < -0.3 is 9.32 Å². The number of hydrogen-bond donors (Lipinski definition) is 0. The first-order valence-corrected chi connectivity index (χ1v) is 19.4. The summed E-state index contributed by atoms with van der Waals surface area (Å²) in [4.78, 5) is 17.6. The number of benzene rings is 9. The average Bonchev–Trinajstić information content (AvgIpc) is 3.68. The van der Waals surface area contributed by atoms with Gasteiger partial charge in [-0.25, -0.2) is 15.0 Å². The van der Waals surface area contributed by atoms with Crippen molar-refractivity contribution in [2.45, 2.75) is 0 Å². The number of rotatable bonds is 7. The van der Waals surface area contributed by atoms with Crippen molar-refractivity contribution in [3.63, 3.8) is 0 Å². The Morgan fingerprint density at radius 1 is 0.328 bits per heavy atom. The molecule has 0 aliphatic carbocycles. The van der Waals surface area contributed by atoms with E-state index in [2.05, 4.69) is 169 Å². The van der Waals surface area contributed by atoms with Crippen LogP contribution in [0, 0.1) is 0 Å². The van der Waals surface area contributed by atoms with Gasteiger partial charge in [-0.05, 0) is 87.3 Å². The zero-order chi connectivity index (χ0) is 38.4. The van der Waals surface area contributed by atoms with E-state index >= 15 is 0 Å². The maximum absolute atomic E-state index is 6.60. The summed E-state index contributed by atoms with van der Waals surface area (Å²) in [6, 6.07) is 71.7. The quantitative estimate of drug-likeness (QED) is 0.163. The average molecular weight is 743 g/mol. The lowest BCUT2D eigenvalue weighted by Crippen LogP contribution is -2.09. The van der Waals surface area contributed by atoms with Crippen LogP contribution in [0.25, 0.3) is 88.8 Å². The molecule has 0 fully saturated rings. The molecule has 5 heteroatoms. The van der Waals surface area contributed by atoms with Crippen LogP contribution in [0.4, 0.5) is 17.1 Å². The van der Waals surface area contributed by atoms with E-state index in [1.807, 2.05) is 42.5 Å². The number of anilines is 3. The van der Waals surface area contributed by atoms with Gasteiger partial charge in [-0.15, -0.1) is 0 Å². The Balaban J connectivity index is 0.996. The molecule has 2 aromatic heterocycles. The number of furan rings is 1. The molecule has 0 aliphatic heterocycles. The first kappa shape index (κ1) is 33.4. The van der Waals surface area contributed by atoms with Gasteiger partial charge in [0, 0.05) is 44.5 Å². The summed E-state index contributed by atoms with van der Waals surface area (Å²) < 4.78 is 6.60. The number of hydrogen-bond acceptors (Lipinski definition) is 5. The van der Waals surface area contributed by atoms with Crippen molar-refractivity contribution in [2.75, 3.05) is 4.90 Å². The molecule has 11 rings (SSSR count). The lowest BCUT2D eigenvalue weighted by atomic mass is 10.0. The van der Waals surface area contributed by atoms with Crippen LogP contribution in [0.1, 0.15) is 0 Å². The molecule has 0 spiro atoms. The van der Waals surface area contributed by atoms with Crippen LogP contribution in [-0.4, -0.2) is 15.0 Å². The Bertz CT molecular complexity index is 3280. The molecule has 2 heterocycles. The van der Waals surface area contributed by atoms with E-state index in [-0.39, 0.29) is 0 Å². The Morgan fingerprint density at radius 3 is 1.76 bits per heavy atom. The molecule has 0 unspecified atom stereocenters. The SMILES string of the molecule is c1ccc(-c2nc(-c3cccc4ccccc34)nc(-c3cccc4oc5cc(-c6ccc(N(c7ccccc7)c7ccc8ccccc8c7)cc6)ccc5c34)n2)cc1. The molecule has 9 aromatic carbocycles. The fraction of sp³-hybridized carbons (Fsp3) is 0. The maximum Gasteiger partial charge on any atom is 0.164 e. The van der Waals surface area contributed by atoms with Gasteiger partial charge in [0.25, 0.3) is 0 Å². The summed E-state index contributed by atoms with van der Waals surface area (Å²) in [5, 5.41) is 6.63. The third-order valence-corrected chi connectivity index (χ3v) is 10.9. The van der Waals surface area contributed by atoms with Gasteiger partial charge in [-0.1, -0.05) is 152 Å². The normalized spacial score (nSPS) is 11.4. The smallest absolute Gasteiger partial charge is 0.164 e. The zero-order valence-electron chi connectivity index (χ0n) is 31.3. The highest BCUT2D eigenvalue weighted by Gasteiger charge is 2.19. The minimum absolute atomic E-state index is 0.596. The van der Waals surface area contributed by atoms with Crippen LogP contribution in [-0.2, 0) is 0 Å². The highest BCUT2D eigenvalue weighted by Crippen LogP contribution is 2.40. The Kier molecular flexibility index (Phi) is 8.07. The fourth-order valence-corrected chi connectivity index (χ4v) is 8.09. The monoisotopic (exact) mass is 742 g/mol. The molecule has 0 radical (unpaired) electrons. The molecular weight excluding hydrogens is 709 g/mol. The summed E-state index contributed by atoms with van der Waals surface area (Å²) in [6.07, 6.45) is 0. The molecule has 0 atom stereocenters. The third-order valence-electron chi connectivity index (χ3n) is 10.9. The van der Waals surface area contributed by atoms with E-state index in [4.69, 9.17) is 19.4 Å². The minimum atomic E-state index is 0.596. The second-order valence-electron chi connectivity index (χ2n) is 14.4. The first-order chi connectivity index (χ1) is 28.7. The molecule has 0 bridgehead atoms. The van der Waals surface area contributed by atoms with Gasteiger partial charge in [0.15, 0.2) is 17.5 Å². The van der Waals surface area contributed by atoms with Crippen LogP contribution in [0.15, 0.2) is 211 Å². The molecule has 11 aromatic rings. The highest BCUT2D eigenvalue weighted by atomic mass is 16.3. The molecule has 272 valence electrons. The van der Waals surface area contributed by atoms with E-state index < -0.39 is 0 Å². The van der Waals surface area contributed by atoms with Gasteiger partial charge in [-0.2, -0.15) is 0 Å². The van der Waals surface area contributed by atoms with Gasteiger partial charge in [0.1, 0.15) is 11.2 Å². The third kappa shape index (κ3) is 5.94. The summed E-state index contributed by atoms with van der Waals surface area (Å²) in [7, 11) is 0. The molecular formula is C53H34N4O. The van der Waals surface area contributed by atoms with Crippen molar-refractivity contribution in [2.24, 2.45) is 0 Å². The first-order valence-electron chi connectivity index (χ1n) is 19.4. The Hall–Kier alpha value is -7.89. The van der Waals surface area contributed by atoms with Crippen LogP contribution < -0.4 is 4.90 Å². The fourth-order valence-electron chi connectivity index (χ4n) is 8.09. The summed E-state index contributed by atoms with van der Waals surface area (Å²) in [6.45, 7) is 0. The predicted octanol–water partition coefficient (Wildman–Crippen LogP) is 14.2. The largest absolute Gasteiger partial charge is 0.456 e. The lowest BCUT2D eigenvalue weighted by Gasteiger charge is -2.26. The number of aromatic nitrogens is 3. The molecule has 0 aliphatic rings. The standard InChI is InChI=1S/C53H34N4O/c1-3-15-38(16-4-1)51-54-52(45-22-11-18-37-14-9-10-21-44(37)45)56-53(55-51)47-23-12-24-48-50(47)46-32-28-40(34-49(46)58-48)36-25-29-42(30-26-36)57(41-19-5-2-6-20-41)43-31-27-35-13-7-8-17-39(35)33-43/h1-34H. The number of nitrogens with zero attached hydrogens (tertiary/aromatic N) is 4. The molecule has 5 nitrogen and oxygen atoms in total. The zero-order valence-corrected chi connectivity index (χ0v) is 31.3. The van der Waals surface area contributed by atoms with E-state index in [0.29, 0.717) is 17.5 Å². The van der Waals surface area contributed by atoms with Gasteiger partial charge in [-0.3, -0.25) is 0 Å². The van der Waals surface area contributed by atoms with Crippen molar-refractivity contribution >= 4 is 60.5 Å². The number of para-hydroxylation sites is 1. The van der Waals surface area contributed by atoms with Crippen LogP contribution in [0.5, 0.6) is 0 Å². The molecule has 58 heavy (non-hydrogen) atoms. The lowest BCUT2D eigenvalue weighted by molar-refractivity contribution is 0.669. The Labute approximate surface area is 335 Å². The topological polar surface area (TPSA) is 55.1 Å². The second kappa shape index (κ2) is 14.0. The molecule has 0 saturated heterocycles. The van der Waals surface area contributed by atoms with Crippen LogP contribution >= 0.6 is 0 Å². The predicted molar refractivity (Wildman–Crippen MR) is 239 cm³/mol. The number of fused-ring (bicyclic) bond motifs is 5. The summed E-state index contributed by atoms with van der Waals surface area (Å²) in [5.74, 6) is 1.84. The van der Waals surface area contributed by atoms with Gasteiger partial charge in [0.2, 0.25) is 0 Å². The summed E-state index contributed by atoms with van der Waals surface area (Å²) in [5.41, 5.74) is 9.82. The minimum Gasteiger partial charge on any atom is -0.456 e. The van der Waals surface area contributed by atoms with Crippen LogP contribution in [0.2, 0.25) is 0 Å². The van der Waals surface area contributed by atoms with Crippen LogP contribution in [0.3, 0.4) is 0 Å². The van der Waals surface area contributed by atoms with E-state index in [0.717, 1.165) is 77.6 Å². The van der Waals surface area contributed by atoms with Crippen molar-refractivity contribution in [1.29, 1.82) is 0 Å². The maximum atomic E-state index is 6.60. The van der Waals surface area contributed by atoms with Crippen molar-refractivity contribution in [3.05, 3.63) is 206 Å². The van der Waals surface area contributed by atoms with Crippen molar-refractivity contribution in [1.82, 2.24) is 15.0 Å². The van der Waals surface area contributed by atoms with E-state index in [1.54, 1.807) is 0 Å². The van der Waals surface area contributed by atoms with Crippen molar-refractivity contribution in [3.8, 4) is 45.3 Å². The summed E-state index contributed by atoms with van der Waals surface area (Å²) >= 11 is 0.